The third kappa shape index (κ3) is 5.83. The van der Waals surface area contributed by atoms with E-state index in [1.54, 1.807) is 7.05 Å². The Morgan fingerprint density at radius 1 is 1.11 bits per heavy atom. The van der Waals surface area contributed by atoms with Gasteiger partial charge < -0.3 is 25.7 Å². The molecular formula is C25H30F3N3O4. The summed E-state index contributed by atoms with van der Waals surface area (Å²) < 4.78 is 41.4. The van der Waals surface area contributed by atoms with Crippen LogP contribution in [0, 0.1) is 23.4 Å². The molecule has 4 atom stereocenters. The number of hydrogen-bond acceptors (Lipinski definition) is 5. The van der Waals surface area contributed by atoms with Crippen LogP contribution in [-0.2, 0) is 9.59 Å². The zero-order chi connectivity index (χ0) is 25.9. The second-order valence-electron chi connectivity index (χ2n) is 9.02. The second-order valence-corrected chi connectivity index (χ2v) is 9.02. The van der Waals surface area contributed by atoms with Crippen molar-refractivity contribution < 1.29 is 33.0 Å². The standard InChI is InChI=1S/C25H30F3N3O4/c1-13(2)23(29-3)25(35)31-11-17(33)10-21(31)24(34)30-20(12-32)14-4-6-15(7-5-14)22-18(27)8-16(26)9-19(22)28/h4-9,13,17,20-21,23,29,32-33H,10-12H2,1-3H3,(H,30,34)/t17-,20+,21+,23+/m1/s1. The summed E-state index contributed by atoms with van der Waals surface area (Å²) in [6.07, 6.45) is -0.793. The number of halogens is 3. The van der Waals surface area contributed by atoms with Crippen LogP contribution in [0.5, 0.6) is 0 Å². The Bertz CT molecular complexity index is 1040. The predicted octanol–water partition coefficient (Wildman–Crippen LogP) is 2.13. The van der Waals surface area contributed by atoms with Gasteiger partial charge in [0.15, 0.2) is 0 Å². The molecule has 2 amide bonds. The summed E-state index contributed by atoms with van der Waals surface area (Å²) in [4.78, 5) is 27.4. The number of hydrogen-bond donors (Lipinski definition) is 4. The van der Waals surface area contributed by atoms with Gasteiger partial charge in [-0.2, -0.15) is 0 Å². The number of carbonyl (C=O) groups excluding carboxylic acids is 2. The first-order chi connectivity index (χ1) is 16.6. The summed E-state index contributed by atoms with van der Waals surface area (Å²) in [5.41, 5.74) is 0.231. The van der Waals surface area contributed by atoms with Crippen molar-refractivity contribution in [1.82, 2.24) is 15.5 Å². The van der Waals surface area contributed by atoms with Crippen LogP contribution in [0.4, 0.5) is 13.2 Å². The quantitative estimate of drug-likeness (QED) is 0.451. The van der Waals surface area contributed by atoms with Gasteiger partial charge in [-0.05, 0) is 24.1 Å². The number of aliphatic hydroxyl groups is 2. The minimum absolute atomic E-state index is 0.0229. The van der Waals surface area contributed by atoms with Crippen molar-refractivity contribution in [3.63, 3.8) is 0 Å². The van der Waals surface area contributed by atoms with E-state index in [0.717, 1.165) is 0 Å². The number of β-amino-alcohol motifs (C(OH)–C–C–N with tert-alkyl or cyclic N) is 1. The van der Waals surface area contributed by atoms with E-state index in [9.17, 15) is 33.0 Å². The van der Waals surface area contributed by atoms with Gasteiger partial charge in [0.1, 0.15) is 23.5 Å². The smallest absolute Gasteiger partial charge is 0.243 e. The SMILES string of the molecule is CN[C@H](C(=O)N1C[C@H](O)C[C@H]1C(=O)N[C@@H](CO)c1ccc(-c2c(F)cc(F)cc2F)cc1)C(C)C. The van der Waals surface area contributed by atoms with Crippen LogP contribution in [0.1, 0.15) is 31.9 Å². The first kappa shape index (κ1) is 26.7. The summed E-state index contributed by atoms with van der Waals surface area (Å²) in [7, 11) is 1.65. The summed E-state index contributed by atoms with van der Waals surface area (Å²) in [6, 6.07) is 4.65. The number of nitrogens with zero attached hydrogens (tertiary/aromatic N) is 1. The van der Waals surface area contributed by atoms with Gasteiger partial charge in [-0.3, -0.25) is 9.59 Å². The molecule has 0 unspecified atom stereocenters. The molecule has 0 aromatic heterocycles. The number of aliphatic hydroxyl groups excluding tert-OH is 2. The van der Waals surface area contributed by atoms with Crippen molar-refractivity contribution in [1.29, 1.82) is 0 Å². The van der Waals surface area contributed by atoms with E-state index in [0.29, 0.717) is 17.7 Å². The Morgan fingerprint density at radius 2 is 1.71 bits per heavy atom. The minimum atomic E-state index is -1.05. The molecule has 10 heteroatoms. The molecule has 0 bridgehead atoms. The van der Waals surface area contributed by atoms with E-state index in [1.807, 2.05) is 13.8 Å². The highest BCUT2D eigenvalue weighted by Crippen LogP contribution is 2.28. The van der Waals surface area contributed by atoms with Crippen LogP contribution in [0.3, 0.4) is 0 Å². The van der Waals surface area contributed by atoms with Crippen LogP contribution in [-0.4, -0.2) is 65.3 Å². The van der Waals surface area contributed by atoms with Crippen molar-refractivity contribution >= 4 is 11.8 Å². The van der Waals surface area contributed by atoms with Gasteiger partial charge in [-0.1, -0.05) is 38.1 Å². The third-order valence-corrected chi connectivity index (χ3v) is 6.22. The average molecular weight is 494 g/mol. The molecule has 1 saturated heterocycles. The summed E-state index contributed by atoms with van der Waals surface area (Å²) >= 11 is 0. The number of rotatable bonds is 8. The Hall–Kier alpha value is -2.95. The average Bonchev–Trinajstić information content (AvgIpc) is 3.19. The maximum atomic E-state index is 14.1. The maximum Gasteiger partial charge on any atom is 0.243 e. The number of carbonyl (C=O) groups is 2. The molecule has 2 aromatic rings. The van der Waals surface area contributed by atoms with Crippen LogP contribution >= 0.6 is 0 Å². The van der Waals surface area contributed by atoms with Gasteiger partial charge in [0, 0.05) is 25.1 Å². The zero-order valence-corrected chi connectivity index (χ0v) is 19.8. The first-order valence-corrected chi connectivity index (χ1v) is 11.4. The van der Waals surface area contributed by atoms with E-state index < -0.39 is 54.2 Å². The van der Waals surface area contributed by atoms with Gasteiger partial charge >= 0.3 is 0 Å². The molecule has 1 aliphatic rings. The third-order valence-electron chi connectivity index (χ3n) is 6.22. The van der Waals surface area contributed by atoms with E-state index >= 15 is 0 Å². The molecule has 0 spiro atoms. The fourth-order valence-electron chi connectivity index (χ4n) is 4.43. The number of likely N-dealkylation sites (N-methyl/N-ethyl adjacent to an activating group) is 1. The molecule has 190 valence electrons. The molecule has 4 N–H and O–H groups in total. The Morgan fingerprint density at radius 3 is 2.23 bits per heavy atom. The lowest BCUT2D eigenvalue weighted by molar-refractivity contribution is -0.141. The van der Waals surface area contributed by atoms with Crippen LogP contribution in [0.25, 0.3) is 11.1 Å². The minimum Gasteiger partial charge on any atom is -0.394 e. The largest absolute Gasteiger partial charge is 0.394 e. The topological polar surface area (TPSA) is 102 Å². The molecule has 0 saturated carbocycles. The fourth-order valence-corrected chi connectivity index (χ4v) is 4.43. The molecule has 0 radical (unpaired) electrons. The number of likely N-dealkylation sites (tertiary alicyclic amines) is 1. The Kier molecular flexibility index (Phi) is 8.52. The molecule has 7 nitrogen and oxygen atoms in total. The maximum absolute atomic E-state index is 14.1. The van der Waals surface area contributed by atoms with E-state index in [2.05, 4.69) is 10.6 Å². The Balaban J connectivity index is 1.77. The fraction of sp³-hybridized carbons (Fsp3) is 0.440. The summed E-state index contributed by atoms with van der Waals surface area (Å²) in [5, 5.41) is 25.7. The number of benzene rings is 2. The molecule has 3 rings (SSSR count). The van der Waals surface area contributed by atoms with Crippen LogP contribution in [0.15, 0.2) is 36.4 Å². The normalized spacial score (nSPS) is 19.6. The lowest BCUT2D eigenvalue weighted by Gasteiger charge is -2.30. The lowest BCUT2D eigenvalue weighted by atomic mass is 9.99. The van der Waals surface area contributed by atoms with Crippen molar-refractivity contribution in [3.8, 4) is 11.1 Å². The zero-order valence-electron chi connectivity index (χ0n) is 19.8. The van der Waals surface area contributed by atoms with Crippen molar-refractivity contribution in [2.75, 3.05) is 20.2 Å². The van der Waals surface area contributed by atoms with E-state index in [1.165, 1.54) is 29.2 Å². The lowest BCUT2D eigenvalue weighted by Crippen LogP contribution is -2.54. The second kappa shape index (κ2) is 11.2. The van der Waals surface area contributed by atoms with Gasteiger partial charge in [-0.15, -0.1) is 0 Å². The molecule has 1 heterocycles. The van der Waals surface area contributed by atoms with Crippen LogP contribution < -0.4 is 10.6 Å². The van der Waals surface area contributed by atoms with Crippen molar-refractivity contribution in [2.24, 2.45) is 5.92 Å². The van der Waals surface area contributed by atoms with Gasteiger partial charge in [0.25, 0.3) is 0 Å². The van der Waals surface area contributed by atoms with E-state index in [4.69, 9.17) is 0 Å². The highest BCUT2D eigenvalue weighted by molar-refractivity contribution is 5.91. The van der Waals surface area contributed by atoms with Gasteiger partial charge in [0.2, 0.25) is 11.8 Å². The summed E-state index contributed by atoms with van der Waals surface area (Å²) in [5.74, 6) is -3.99. The Labute approximate surface area is 201 Å². The van der Waals surface area contributed by atoms with E-state index in [-0.39, 0.29) is 35.9 Å². The predicted molar refractivity (Wildman–Crippen MR) is 124 cm³/mol. The molecule has 2 aromatic carbocycles. The molecular weight excluding hydrogens is 463 g/mol. The van der Waals surface area contributed by atoms with Crippen molar-refractivity contribution in [3.05, 3.63) is 59.4 Å². The van der Waals surface area contributed by atoms with Crippen LogP contribution in [0.2, 0.25) is 0 Å². The van der Waals surface area contributed by atoms with Crippen molar-refractivity contribution in [2.45, 2.75) is 44.5 Å². The monoisotopic (exact) mass is 493 g/mol. The highest BCUT2D eigenvalue weighted by Gasteiger charge is 2.41. The molecule has 0 aliphatic carbocycles. The molecule has 1 aliphatic heterocycles. The van der Waals surface area contributed by atoms with Gasteiger partial charge in [-0.25, -0.2) is 13.2 Å². The first-order valence-electron chi connectivity index (χ1n) is 11.4. The molecule has 35 heavy (non-hydrogen) atoms. The highest BCUT2D eigenvalue weighted by atomic mass is 19.1. The molecule has 1 fully saturated rings. The summed E-state index contributed by atoms with van der Waals surface area (Å²) in [6.45, 7) is 3.29. The number of amides is 2. The van der Waals surface area contributed by atoms with Gasteiger partial charge in [0.05, 0.1) is 30.4 Å². The number of nitrogens with one attached hydrogen (secondary N) is 2.